The molecule has 0 aromatic heterocycles. The summed E-state index contributed by atoms with van der Waals surface area (Å²) in [6.45, 7) is 3.49. The van der Waals surface area contributed by atoms with Gasteiger partial charge in [0.2, 0.25) is 11.8 Å². The zero-order valence-electron chi connectivity index (χ0n) is 7.45. The molecule has 1 aliphatic rings. The minimum Gasteiger partial charge on any atom is -0.368 e. The van der Waals surface area contributed by atoms with E-state index in [-0.39, 0.29) is 11.8 Å². The molecule has 0 aromatic carbocycles. The lowest BCUT2D eigenvalue weighted by atomic mass is 10.2. The van der Waals surface area contributed by atoms with Crippen LogP contribution in [0.25, 0.3) is 0 Å². The number of nitrogens with one attached hydrogen (secondary N) is 1. The van der Waals surface area contributed by atoms with E-state index in [1.54, 1.807) is 6.08 Å². The Balaban J connectivity index is 2.40. The first-order valence-electron chi connectivity index (χ1n) is 4.35. The number of rotatable bonds is 5. The predicted octanol–water partition coefficient (Wildman–Crippen LogP) is -0.0574. The average Bonchev–Trinajstić information content (AvgIpc) is 2.85. The summed E-state index contributed by atoms with van der Waals surface area (Å²) in [7, 11) is 0. The quantitative estimate of drug-likeness (QED) is 0.585. The molecule has 0 bridgehead atoms. The maximum atomic E-state index is 11.2. The van der Waals surface area contributed by atoms with E-state index in [1.807, 2.05) is 0 Å². The Bertz CT molecular complexity index is 234. The lowest BCUT2D eigenvalue weighted by Crippen LogP contribution is -2.44. The number of amides is 2. The van der Waals surface area contributed by atoms with Crippen molar-refractivity contribution >= 4 is 11.8 Å². The minimum atomic E-state index is -0.592. The third-order valence-corrected chi connectivity index (χ3v) is 2.01. The van der Waals surface area contributed by atoms with Crippen molar-refractivity contribution in [2.24, 2.45) is 11.7 Å². The number of primary amides is 1. The van der Waals surface area contributed by atoms with Crippen LogP contribution in [0, 0.1) is 5.92 Å². The summed E-state index contributed by atoms with van der Waals surface area (Å²) in [6.07, 6.45) is 3.81. The molecular formula is C9H14N2O2. The van der Waals surface area contributed by atoms with Crippen molar-refractivity contribution < 1.29 is 9.59 Å². The summed E-state index contributed by atoms with van der Waals surface area (Å²) >= 11 is 0. The van der Waals surface area contributed by atoms with Crippen molar-refractivity contribution in [3.63, 3.8) is 0 Å². The third-order valence-electron chi connectivity index (χ3n) is 2.01. The van der Waals surface area contributed by atoms with Crippen LogP contribution < -0.4 is 11.1 Å². The summed E-state index contributed by atoms with van der Waals surface area (Å²) in [4.78, 5) is 22.1. The smallest absolute Gasteiger partial charge is 0.240 e. The zero-order chi connectivity index (χ0) is 9.84. The van der Waals surface area contributed by atoms with E-state index in [0.717, 1.165) is 12.8 Å². The second kappa shape index (κ2) is 4.07. The summed E-state index contributed by atoms with van der Waals surface area (Å²) in [5.74, 6) is -0.466. The molecule has 0 spiro atoms. The van der Waals surface area contributed by atoms with Crippen molar-refractivity contribution in [2.75, 3.05) is 0 Å². The van der Waals surface area contributed by atoms with E-state index in [9.17, 15) is 9.59 Å². The summed E-state index contributed by atoms with van der Waals surface area (Å²) < 4.78 is 0. The van der Waals surface area contributed by atoms with Gasteiger partial charge in [-0.2, -0.15) is 0 Å². The van der Waals surface area contributed by atoms with Crippen LogP contribution in [0.15, 0.2) is 12.7 Å². The van der Waals surface area contributed by atoms with Gasteiger partial charge in [0.05, 0.1) is 0 Å². The van der Waals surface area contributed by atoms with Crippen LogP contribution in [-0.2, 0) is 9.59 Å². The molecule has 2 amide bonds. The molecule has 4 nitrogen and oxygen atoms in total. The topological polar surface area (TPSA) is 72.2 Å². The first-order valence-corrected chi connectivity index (χ1v) is 4.35. The molecule has 4 heteroatoms. The number of carbonyl (C=O) groups is 2. The molecule has 3 N–H and O–H groups in total. The van der Waals surface area contributed by atoms with Gasteiger partial charge in [0.15, 0.2) is 0 Å². The standard InChI is InChI=1S/C9H14N2O2/c1-2-3-7(8(10)12)11-9(13)6-4-5-6/h2,6-7H,1,3-5H2,(H2,10,12)(H,11,13)/t7-/m1/s1. The highest BCUT2D eigenvalue weighted by Gasteiger charge is 2.31. The Labute approximate surface area is 77.2 Å². The van der Waals surface area contributed by atoms with Gasteiger partial charge < -0.3 is 11.1 Å². The van der Waals surface area contributed by atoms with Crippen LogP contribution in [0.2, 0.25) is 0 Å². The van der Waals surface area contributed by atoms with Crippen molar-refractivity contribution in [1.29, 1.82) is 0 Å². The fourth-order valence-corrected chi connectivity index (χ4v) is 1.05. The highest BCUT2D eigenvalue weighted by Crippen LogP contribution is 2.28. The monoisotopic (exact) mass is 182 g/mol. The Kier molecular flexibility index (Phi) is 3.06. The average molecular weight is 182 g/mol. The Morgan fingerprint density at radius 3 is 2.62 bits per heavy atom. The predicted molar refractivity (Wildman–Crippen MR) is 48.7 cm³/mol. The fraction of sp³-hybridized carbons (Fsp3) is 0.556. The van der Waals surface area contributed by atoms with Gasteiger partial charge in [0.1, 0.15) is 6.04 Å². The van der Waals surface area contributed by atoms with Gasteiger partial charge in [-0.25, -0.2) is 0 Å². The van der Waals surface area contributed by atoms with E-state index in [4.69, 9.17) is 5.73 Å². The molecule has 1 aliphatic carbocycles. The van der Waals surface area contributed by atoms with Gasteiger partial charge in [-0.05, 0) is 19.3 Å². The Morgan fingerprint density at radius 2 is 2.23 bits per heavy atom. The van der Waals surface area contributed by atoms with Crippen molar-refractivity contribution in [3.05, 3.63) is 12.7 Å². The van der Waals surface area contributed by atoms with Gasteiger partial charge in [0.25, 0.3) is 0 Å². The van der Waals surface area contributed by atoms with Crippen molar-refractivity contribution in [1.82, 2.24) is 5.32 Å². The molecular weight excluding hydrogens is 168 g/mol. The number of hydrogen-bond donors (Lipinski definition) is 2. The highest BCUT2D eigenvalue weighted by molar-refractivity contribution is 5.88. The van der Waals surface area contributed by atoms with Crippen LogP contribution in [0.4, 0.5) is 0 Å². The van der Waals surface area contributed by atoms with Gasteiger partial charge >= 0.3 is 0 Å². The second-order valence-electron chi connectivity index (χ2n) is 3.26. The summed E-state index contributed by atoms with van der Waals surface area (Å²) in [6, 6.07) is -0.592. The fourth-order valence-electron chi connectivity index (χ4n) is 1.05. The third kappa shape index (κ3) is 2.89. The van der Waals surface area contributed by atoms with Gasteiger partial charge in [0, 0.05) is 5.92 Å². The molecule has 1 rings (SSSR count). The van der Waals surface area contributed by atoms with Gasteiger partial charge in [-0.1, -0.05) is 6.08 Å². The zero-order valence-corrected chi connectivity index (χ0v) is 7.45. The highest BCUT2D eigenvalue weighted by atomic mass is 16.2. The van der Waals surface area contributed by atoms with Gasteiger partial charge in [-0.3, -0.25) is 9.59 Å². The lowest BCUT2D eigenvalue weighted by Gasteiger charge is -2.12. The molecule has 0 unspecified atom stereocenters. The maximum Gasteiger partial charge on any atom is 0.240 e. The first-order chi connectivity index (χ1) is 6.15. The van der Waals surface area contributed by atoms with Crippen molar-refractivity contribution in [2.45, 2.75) is 25.3 Å². The van der Waals surface area contributed by atoms with Crippen molar-refractivity contribution in [3.8, 4) is 0 Å². The Hall–Kier alpha value is -1.32. The molecule has 1 saturated carbocycles. The van der Waals surface area contributed by atoms with E-state index in [1.165, 1.54) is 0 Å². The molecule has 0 heterocycles. The van der Waals surface area contributed by atoms with Crippen LogP contribution in [0.1, 0.15) is 19.3 Å². The molecule has 0 aliphatic heterocycles. The Morgan fingerprint density at radius 1 is 1.62 bits per heavy atom. The minimum absolute atomic E-state index is 0.0642. The molecule has 1 atom stereocenters. The molecule has 0 radical (unpaired) electrons. The number of nitrogens with two attached hydrogens (primary N) is 1. The second-order valence-corrected chi connectivity index (χ2v) is 3.26. The largest absolute Gasteiger partial charge is 0.368 e. The SMILES string of the molecule is C=CC[C@@H](NC(=O)C1CC1)C(N)=O. The maximum absolute atomic E-state index is 11.2. The number of carbonyl (C=O) groups excluding carboxylic acids is 2. The molecule has 1 fully saturated rings. The lowest BCUT2D eigenvalue weighted by molar-refractivity contribution is -0.128. The van der Waals surface area contributed by atoms with E-state index in [2.05, 4.69) is 11.9 Å². The molecule has 72 valence electrons. The normalized spacial score (nSPS) is 17.5. The van der Waals surface area contributed by atoms with E-state index in [0.29, 0.717) is 6.42 Å². The summed E-state index contributed by atoms with van der Waals surface area (Å²) in [5, 5.41) is 2.59. The van der Waals surface area contributed by atoms with Crippen LogP contribution in [0.3, 0.4) is 0 Å². The molecule has 0 aromatic rings. The van der Waals surface area contributed by atoms with Crippen LogP contribution in [0.5, 0.6) is 0 Å². The van der Waals surface area contributed by atoms with E-state index >= 15 is 0 Å². The molecule has 0 saturated heterocycles. The summed E-state index contributed by atoms with van der Waals surface area (Å²) in [5.41, 5.74) is 5.09. The van der Waals surface area contributed by atoms with Crippen LogP contribution in [-0.4, -0.2) is 17.9 Å². The molecule has 13 heavy (non-hydrogen) atoms. The van der Waals surface area contributed by atoms with Crippen LogP contribution >= 0.6 is 0 Å². The van der Waals surface area contributed by atoms with E-state index < -0.39 is 11.9 Å². The van der Waals surface area contributed by atoms with Gasteiger partial charge in [-0.15, -0.1) is 6.58 Å². The first kappa shape index (κ1) is 9.77. The number of hydrogen-bond acceptors (Lipinski definition) is 2.